The molecule has 5 rings (SSSR count). The molecule has 1 aromatic carbocycles. The Morgan fingerprint density at radius 2 is 1.98 bits per heavy atom. The molecule has 4 aromatic rings. The maximum Gasteiger partial charge on any atom is 0.427 e. The van der Waals surface area contributed by atoms with E-state index in [1.54, 1.807) is 24.2 Å². The van der Waals surface area contributed by atoms with Crippen LogP contribution in [0.5, 0.6) is 0 Å². The van der Waals surface area contributed by atoms with Crippen LogP contribution in [-0.4, -0.2) is 70.6 Å². The second-order valence-electron chi connectivity index (χ2n) is 11.3. The maximum atomic E-state index is 12.1. The highest BCUT2D eigenvalue weighted by Gasteiger charge is 2.39. The van der Waals surface area contributed by atoms with Crippen LogP contribution < -0.4 is 0 Å². The van der Waals surface area contributed by atoms with E-state index in [9.17, 15) is 19.8 Å². The highest BCUT2D eigenvalue weighted by atomic mass is 79.9. The average molecular weight is 655 g/mol. The first-order chi connectivity index (χ1) is 20.5. The predicted octanol–water partition coefficient (Wildman–Crippen LogP) is 6.47. The number of carbonyl (C=O) groups is 2. The van der Waals surface area contributed by atoms with Gasteiger partial charge in [0.25, 0.3) is 0 Å². The van der Waals surface area contributed by atoms with Gasteiger partial charge in [0.15, 0.2) is 0 Å². The van der Waals surface area contributed by atoms with Crippen molar-refractivity contribution in [1.82, 2.24) is 34.6 Å². The van der Waals surface area contributed by atoms with Crippen LogP contribution in [0.2, 0.25) is 0 Å². The van der Waals surface area contributed by atoms with Crippen LogP contribution in [0.1, 0.15) is 69.6 Å². The number of ether oxygens (including phenoxy) is 1. The number of rotatable bonds is 8. The van der Waals surface area contributed by atoms with Gasteiger partial charge in [0.1, 0.15) is 11.7 Å². The van der Waals surface area contributed by atoms with Crippen LogP contribution in [-0.2, 0) is 23.2 Å². The summed E-state index contributed by atoms with van der Waals surface area (Å²) in [4.78, 5) is 28.6. The summed E-state index contributed by atoms with van der Waals surface area (Å²) in [5.41, 5.74) is 4.90. The number of fused-ring (bicyclic) bond motifs is 1. The lowest BCUT2D eigenvalue weighted by molar-refractivity contribution is -0.0515. The number of hydrogen-bond acceptors (Lipinski definition) is 6. The smallest absolute Gasteiger partial charge is 0.427 e. The topological polar surface area (TPSA) is 139 Å². The number of hydrazine groups is 1. The monoisotopic (exact) mass is 653 g/mol. The van der Waals surface area contributed by atoms with E-state index < -0.39 is 23.8 Å². The van der Waals surface area contributed by atoms with Gasteiger partial charge in [-0.25, -0.2) is 24.3 Å². The zero-order valence-electron chi connectivity index (χ0n) is 24.9. The second kappa shape index (κ2) is 12.0. The normalized spacial score (nSPS) is 16.6. The largest absolute Gasteiger partial charge is 0.464 e. The first kappa shape index (κ1) is 30.5. The third-order valence-electron chi connectivity index (χ3n) is 8.18. The van der Waals surface area contributed by atoms with Crippen molar-refractivity contribution >= 4 is 39.0 Å². The highest BCUT2D eigenvalue weighted by Crippen LogP contribution is 2.41. The van der Waals surface area contributed by atoms with E-state index in [1.165, 1.54) is 0 Å². The first-order valence-electron chi connectivity index (χ1n) is 14.2. The summed E-state index contributed by atoms with van der Waals surface area (Å²) < 4.78 is 10.7. The summed E-state index contributed by atoms with van der Waals surface area (Å²) in [6.07, 6.45) is 2.16. The van der Waals surface area contributed by atoms with Crippen LogP contribution in [0.25, 0.3) is 22.2 Å². The molecule has 1 fully saturated rings. The van der Waals surface area contributed by atoms with E-state index in [1.807, 2.05) is 19.1 Å². The molecule has 3 aromatic heterocycles. The van der Waals surface area contributed by atoms with Crippen molar-refractivity contribution in [2.75, 3.05) is 13.7 Å². The quantitative estimate of drug-likeness (QED) is 0.220. The van der Waals surface area contributed by atoms with E-state index in [4.69, 9.17) is 9.72 Å². The number of nitrogens with zero attached hydrogens (tertiary/aromatic N) is 7. The van der Waals surface area contributed by atoms with Crippen molar-refractivity contribution < 1.29 is 24.5 Å². The van der Waals surface area contributed by atoms with Crippen LogP contribution in [0, 0.1) is 0 Å². The Hall–Kier alpha value is -3.97. The Morgan fingerprint density at radius 3 is 2.65 bits per heavy atom. The molecule has 4 heterocycles. The number of aryl methyl sites for hydroxylation is 1. The number of methoxy groups -OCH3 is 1. The minimum atomic E-state index is -1.35. The third-order valence-corrected chi connectivity index (χ3v) is 8.67. The number of halogens is 1. The van der Waals surface area contributed by atoms with Crippen molar-refractivity contribution in [3.63, 3.8) is 0 Å². The Labute approximate surface area is 258 Å². The van der Waals surface area contributed by atoms with Gasteiger partial charge in [-0.1, -0.05) is 21.1 Å². The molecule has 0 spiro atoms. The lowest BCUT2D eigenvalue weighted by atomic mass is 9.90. The van der Waals surface area contributed by atoms with Gasteiger partial charge in [0, 0.05) is 47.3 Å². The SMILES string of the molecule is CCn1c(-c2cccnc2[C@H](C)OC)c(CC(C)(C)n2cc([C@@H]3CCCN(C(=O)O)N3C(=O)O)nn2)c2cc(Br)ccc21. The highest BCUT2D eigenvalue weighted by molar-refractivity contribution is 9.10. The molecule has 0 bridgehead atoms. The van der Waals surface area contributed by atoms with Gasteiger partial charge < -0.3 is 19.5 Å². The molecule has 2 atom stereocenters. The molecular formula is C30H36BrN7O5. The van der Waals surface area contributed by atoms with Gasteiger partial charge in [-0.15, -0.1) is 5.10 Å². The Balaban J connectivity index is 1.61. The molecule has 1 aliphatic rings. The third kappa shape index (κ3) is 5.58. The van der Waals surface area contributed by atoms with Gasteiger partial charge in [-0.3, -0.25) is 4.98 Å². The Bertz CT molecular complexity index is 1670. The van der Waals surface area contributed by atoms with Gasteiger partial charge in [-0.05, 0) is 82.9 Å². The molecular weight excluding hydrogens is 618 g/mol. The molecule has 2 amide bonds. The summed E-state index contributed by atoms with van der Waals surface area (Å²) in [6, 6.07) is 9.55. The van der Waals surface area contributed by atoms with Crippen LogP contribution in [0.3, 0.4) is 0 Å². The Kier molecular flexibility index (Phi) is 8.48. The fourth-order valence-corrected chi connectivity index (χ4v) is 6.40. The van der Waals surface area contributed by atoms with Crippen molar-refractivity contribution in [3.05, 3.63) is 64.1 Å². The van der Waals surface area contributed by atoms with E-state index in [0.29, 0.717) is 25.0 Å². The number of hydrogen-bond donors (Lipinski definition) is 2. The molecule has 43 heavy (non-hydrogen) atoms. The number of carboxylic acid groups (broad SMARTS) is 2. The van der Waals surface area contributed by atoms with Crippen LogP contribution >= 0.6 is 15.9 Å². The molecule has 12 nitrogen and oxygen atoms in total. The molecule has 0 radical (unpaired) electrons. The standard InChI is InChI=1S/C30H36BrN7O5/c1-6-35-24-12-11-19(31)15-21(24)22(27(35)20-9-7-13-32-26(20)18(2)43-5)16-30(3,4)37-17-23(33-34-37)25-10-8-14-36(28(39)40)38(25)29(41)42/h7,9,11-13,15,17-18,25H,6,8,10,14,16H2,1-5H3,(H,39,40)(H,41,42)/t18-,25-/m0/s1. The van der Waals surface area contributed by atoms with E-state index >= 15 is 0 Å². The number of pyridine rings is 1. The van der Waals surface area contributed by atoms with Crippen LogP contribution in [0.4, 0.5) is 9.59 Å². The minimum Gasteiger partial charge on any atom is -0.464 e. The van der Waals surface area contributed by atoms with Gasteiger partial charge in [-0.2, -0.15) is 0 Å². The predicted molar refractivity (Wildman–Crippen MR) is 164 cm³/mol. The fraction of sp³-hybridized carbons (Fsp3) is 0.433. The zero-order chi connectivity index (χ0) is 31.1. The van der Waals surface area contributed by atoms with E-state index in [2.05, 4.69) is 69.8 Å². The van der Waals surface area contributed by atoms with Crippen molar-refractivity contribution in [2.45, 2.75) is 71.2 Å². The lowest BCUT2D eigenvalue weighted by Crippen LogP contribution is -2.53. The summed E-state index contributed by atoms with van der Waals surface area (Å²) in [7, 11) is 1.68. The molecule has 13 heteroatoms. The maximum absolute atomic E-state index is 12.1. The minimum absolute atomic E-state index is 0.107. The van der Waals surface area contributed by atoms with Crippen LogP contribution in [0.15, 0.2) is 47.2 Å². The number of amides is 2. The Morgan fingerprint density at radius 1 is 1.21 bits per heavy atom. The van der Waals surface area contributed by atoms with Gasteiger partial charge in [0.05, 0.1) is 29.2 Å². The summed E-state index contributed by atoms with van der Waals surface area (Å²) in [6.45, 7) is 9.07. The molecule has 1 aliphatic heterocycles. The van der Waals surface area contributed by atoms with Crippen molar-refractivity contribution in [2.24, 2.45) is 0 Å². The molecule has 0 unspecified atom stereocenters. The van der Waals surface area contributed by atoms with Gasteiger partial charge >= 0.3 is 12.2 Å². The molecule has 228 valence electrons. The molecule has 1 saturated heterocycles. The van der Waals surface area contributed by atoms with E-state index in [-0.39, 0.29) is 12.6 Å². The summed E-state index contributed by atoms with van der Waals surface area (Å²) in [5.74, 6) is 0. The second-order valence-corrected chi connectivity index (χ2v) is 12.2. The van der Waals surface area contributed by atoms with Gasteiger partial charge in [0.2, 0.25) is 0 Å². The van der Waals surface area contributed by atoms with Crippen molar-refractivity contribution in [3.8, 4) is 11.3 Å². The first-order valence-corrected chi connectivity index (χ1v) is 15.0. The molecule has 0 aliphatic carbocycles. The molecule has 0 saturated carbocycles. The summed E-state index contributed by atoms with van der Waals surface area (Å²) in [5, 5.41) is 31.0. The average Bonchev–Trinajstić information content (AvgIpc) is 3.60. The van der Waals surface area contributed by atoms with Crippen molar-refractivity contribution in [1.29, 1.82) is 0 Å². The zero-order valence-corrected chi connectivity index (χ0v) is 26.4. The van der Waals surface area contributed by atoms with E-state index in [0.717, 1.165) is 54.5 Å². The number of benzene rings is 1. The summed E-state index contributed by atoms with van der Waals surface area (Å²) >= 11 is 3.66. The fourth-order valence-electron chi connectivity index (χ4n) is 6.03. The number of aromatic nitrogens is 5. The molecule has 2 N–H and O–H groups in total. The lowest BCUT2D eigenvalue weighted by Gasteiger charge is -2.39.